The summed E-state index contributed by atoms with van der Waals surface area (Å²) < 4.78 is 0. The van der Waals surface area contributed by atoms with Crippen LogP contribution in [-0.2, 0) is 0 Å². The maximum atomic E-state index is 9.24. The van der Waals surface area contributed by atoms with E-state index in [1.807, 2.05) is 18.4 Å². The topological polar surface area (TPSA) is 95.3 Å². The highest BCUT2D eigenvalue weighted by Crippen LogP contribution is 2.44. The molecule has 2 heterocycles. The third-order valence-corrected chi connectivity index (χ3v) is 4.85. The van der Waals surface area contributed by atoms with Gasteiger partial charge in [-0.05, 0) is 23.9 Å². The highest BCUT2D eigenvalue weighted by atomic mass is 32.2. The second-order valence-corrected chi connectivity index (χ2v) is 6.21. The lowest BCUT2D eigenvalue weighted by molar-refractivity contribution is 0.576. The Bertz CT molecular complexity index is 558. The number of rotatable bonds is 1. The zero-order valence-electron chi connectivity index (χ0n) is 9.60. The number of thioether (sulfide) groups is 1. The van der Waals surface area contributed by atoms with Gasteiger partial charge in [-0.1, -0.05) is 11.8 Å². The first-order valence-corrected chi connectivity index (χ1v) is 6.97. The van der Waals surface area contributed by atoms with Crippen molar-refractivity contribution in [1.29, 1.82) is 21.3 Å². The number of nitrogens with one attached hydrogen (secondary N) is 2. The molecular weight excluding hydrogens is 264 g/mol. The van der Waals surface area contributed by atoms with Crippen LogP contribution in [0, 0.1) is 52.2 Å². The van der Waals surface area contributed by atoms with Crippen LogP contribution in [0.25, 0.3) is 0 Å². The fourth-order valence-corrected chi connectivity index (χ4v) is 3.79. The molecule has 1 aliphatic heterocycles. The normalized spacial score (nSPS) is 27.6. The lowest BCUT2D eigenvalue weighted by Gasteiger charge is -2.31. The van der Waals surface area contributed by atoms with Crippen LogP contribution in [-0.4, -0.2) is 10.1 Å². The minimum atomic E-state index is -0.623. The van der Waals surface area contributed by atoms with Gasteiger partial charge in [0.2, 0.25) is 0 Å². The number of aryl methyl sites for hydroxylation is 1. The van der Waals surface area contributed by atoms with E-state index in [1.54, 1.807) is 11.3 Å². The van der Waals surface area contributed by atoms with Crippen LogP contribution in [0.2, 0.25) is 0 Å². The molecule has 0 amide bonds. The molecule has 0 radical (unpaired) electrons. The standard InChI is InChI=1S/C12H10N4S2/c1-6-7(2-3-17-6)10-8(4-13)11(15)18-12(16)9(10)5-14/h2-3,8-10,15-16H,1H3. The van der Waals surface area contributed by atoms with E-state index in [9.17, 15) is 10.5 Å². The smallest absolute Gasteiger partial charge is 0.103 e. The van der Waals surface area contributed by atoms with E-state index >= 15 is 0 Å². The summed E-state index contributed by atoms with van der Waals surface area (Å²) >= 11 is 2.50. The van der Waals surface area contributed by atoms with E-state index in [0.717, 1.165) is 22.2 Å². The molecule has 0 aliphatic carbocycles. The molecular formula is C12H10N4S2. The first-order chi connectivity index (χ1) is 8.60. The van der Waals surface area contributed by atoms with Gasteiger partial charge in [-0.3, -0.25) is 10.8 Å². The molecule has 90 valence electrons. The highest BCUT2D eigenvalue weighted by molar-refractivity contribution is 8.26. The largest absolute Gasteiger partial charge is 0.297 e. The van der Waals surface area contributed by atoms with Crippen molar-refractivity contribution in [3.05, 3.63) is 21.9 Å². The Morgan fingerprint density at radius 3 is 2.11 bits per heavy atom. The zero-order chi connectivity index (χ0) is 13.3. The first-order valence-electron chi connectivity index (χ1n) is 5.28. The highest BCUT2D eigenvalue weighted by Gasteiger charge is 2.42. The van der Waals surface area contributed by atoms with Crippen LogP contribution in [0.5, 0.6) is 0 Å². The Kier molecular flexibility index (Phi) is 3.51. The summed E-state index contributed by atoms with van der Waals surface area (Å²) in [6.45, 7) is 1.94. The van der Waals surface area contributed by atoms with Gasteiger partial charge in [-0.2, -0.15) is 10.5 Å². The molecule has 6 heteroatoms. The van der Waals surface area contributed by atoms with Gasteiger partial charge in [-0.25, -0.2) is 0 Å². The van der Waals surface area contributed by atoms with Gasteiger partial charge in [0.05, 0.1) is 22.2 Å². The maximum absolute atomic E-state index is 9.24. The summed E-state index contributed by atoms with van der Waals surface area (Å²) in [5.41, 5.74) is 0.924. The summed E-state index contributed by atoms with van der Waals surface area (Å²) in [5, 5.41) is 36.4. The van der Waals surface area contributed by atoms with E-state index in [2.05, 4.69) is 12.1 Å². The Hall–Kier alpha value is -1.63. The van der Waals surface area contributed by atoms with Gasteiger partial charge in [-0.15, -0.1) is 11.3 Å². The van der Waals surface area contributed by atoms with E-state index in [0.29, 0.717) is 0 Å². The lowest BCUT2D eigenvalue weighted by atomic mass is 9.78. The molecule has 4 nitrogen and oxygen atoms in total. The predicted molar refractivity (Wildman–Crippen MR) is 73.0 cm³/mol. The molecule has 2 rings (SSSR count). The van der Waals surface area contributed by atoms with Gasteiger partial charge >= 0.3 is 0 Å². The van der Waals surface area contributed by atoms with Crippen LogP contribution < -0.4 is 0 Å². The molecule has 18 heavy (non-hydrogen) atoms. The summed E-state index contributed by atoms with van der Waals surface area (Å²) in [6.07, 6.45) is 0. The maximum Gasteiger partial charge on any atom is 0.103 e. The van der Waals surface area contributed by atoms with Crippen molar-refractivity contribution >= 4 is 33.2 Å². The van der Waals surface area contributed by atoms with E-state index in [4.69, 9.17) is 10.8 Å². The van der Waals surface area contributed by atoms with E-state index in [-0.39, 0.29) is 16.0 Å². The Morgan fingerprint density at radius 2 is 1.72 bits per heavy atom. The van der Waals surface area contributed by atoms with Crippen molar-refractivity contribution in [2.75, 3.05) is 0 Å². The zero-order valence-corrected chi connectivity index (χ0v) is 11.2. The number of thiophene rings is 1. The van der Waals surface area contributed by atoms with E-state index < -0.39 is 11.8 Å². The molecule has 1 aromatic heterocycles. The molecule has 2 unspecified atom stereocenters. The van der Waals surface area contributed by atoms with Crippen molar-refractivity contribution in [3.63, 3.8) is 0 Å². The molecule has 0 aromatic carbocycles. The van der Waals surface area contributed by atoms with Crippen molar-refractivity contribution in [3.8, 4) is 12.1 Å². The average Bonchev–Trinajstić information content (AvgIpc) is 2.74. The molecule has 2 N–H and O–H groups in total. The summed E-state index contributed by atoms with van der Waals surface area (Å²) in [4.78, 5) is 1.05. The Morgan fingerprint density at radius 1 is 1.17 bits per heavy atom. The third kappa shape index (κ3) is 1.94. The lowest BCUT2D eigenvalue weighted by Crippen LogP contribution is -2.34. The molecule has 1 fully saturated rings. The van der Waals surface area contributed by atoms with Gasteiger partial charge in [0.25, 0.3) is 0 Å². The third-order valence-electron chi connectivity index (χ3n) is 3.04. The van der Waals surface area contributed by atoms with Crippen molar-refractivity contribution < 1.29 is 0 Å². The molecule has 0 saturated carbocycles. The molecule has 1 aromatic rings. The number of hydrogen-bond acceptors (Lipinski definition) is 6. The van der Waals surface area contributed by atoms with Crippen molar-refractivity contribution in [2.24, 2.45) is 11.8 Å². The fraction of sp³-hybridized carbons (Fsp3) is 0.333. The van der Waals surface area contributed by atoms with Crippen molar-refractivity contribution in [2.45, 2.75) is 12.8 Å². The van der Waals surface area contributed by atoms with Crippen LogP contribution in [0.3, 0.4) is 0 Å². The Labute approximate surface area is 113 Å². The summed E-state index contributed by atoms with van der Waals surface area (Å²) in [7, 11) is 0. The van der Waals surface area contributed by atoms with Gasteiger partial charge < -0.3 is 0 Å². The summed E-state index contributed by atoms with van der Waals surface area (Å²) in [6, 6.07) is 6.13. The second-order valence-electron chi connectivity index (χ2n) is 4.00. The average molecular weight is 274 g/mol. The van der Waals surface area contributed by atoms with E-state index in [1.165, 1.54) is 0 Å². The van der Waals surface area contributed by atoms with Crippen LogP contribution in [0.15, 0.2) is 11.4 Å². The Balaban J connectivity index is 2.54. The molecule has 1 saturated heterocycles. The second kappa shape index (κ2) is 4.93. The fourth-order valence-electron chi connectivity index (χ4n) is 2.14. The van der Waals surface area contributed by atoms with Gasteiger partial charge in [0.15, 0.2) is 0 Å². The monoisotopic (exact) mass is 274 g/mol. The predicted octanol–water partition coefficient (Wildman–Crippen LogP) is 3.12. The van der Waals surface area contributed by atoms with Crippen molar-refractivity contribution in [1.82, 2.24) is 0 Å². The first kappa shape index (κ1) is 12.8. The number of nitrogens with zero attached hydrogens (tertiary/aromatic N) is 2. The number of nitriles is 2. The molecule has 1 aliphatic rings. The SMILES string of the molecule is Cc1sccc1C1C(C#N)C(=N)SC(=N)C1C#N. The molecule has 2 atom stereocenters. The van der Waals surface area contributed by atoms with Gasteiger partial charge in [0.1, 0.15) is 11.8 Å². The van der Waals surface area contributed by atoms with Crippen LogP contribution in [0.4, 0.5) is 0 Å². The molecule has 0 spiro atoms. The molecule has 0 bridgehead atoms. The van der Waals surface area contributed by atoms with Crippen LogP contribution >= 0.6 is 23.1 Å². The quantitative estimate of drug-likeness (QED) is 0.823. The minimum Gasteiger partial charge on any atom is -0.297 e. The number of hydrogen-bond donors (Lipinski definition) is 2. The summed E-state index contributed by atoms with van der Waals surface area (Å²) in [5.74, 6) is -1.63. The van der Waals surface area contributed by atoms with Gasteiger partial charge in [0, 0.05) is 10.8 Å². The van der Waals surface area contributed by atoms with Crippen LogP contribution in [0.1, 0.15) is 16.4 Å². The minimum absolute atomic E-state index is 0.171.